The summed E-state index contributed by atoms with van der Waals surface area (Å²) in [5.41, 5.74) is 2.78. The second kappa shape index (κ2) is 10.6. The summed E-state index contributed by atoms with van der Waals surface area (Å²) in [6, 6.07) is 19.7. The fourth-order valence-corrected chi connectivity index (χ4v) is 3.48. The van der Waals surface area contributed by atoms with E-state index in [9.17, 15) is 14.7 Å². The van der Waals surface area contributed by atoms with E-state index >= 15 is 0 Å². The Bertz CT molecular complexity index is 1140. The quantitative estimate of drug-likeness (QED) is 0.419. The van der Waals surface area contributed by atoms with Crippen LogP contribution < -0.4 is 14.8 Å². The Balaban J connectivity index is 1.83. The van der Waals surface area contributed by atoms with Gasteiger partial charge in [0.2, 0.25) is 0 Å². The number of benzene rings is 3. The van der Waals surface area contributed by atoms with Crippen LogP contribution in [0.15, 0.2) is 76.9 Å². The van der Waals surface area contributed by atoms with Crippen LogP contribution >= 0.6 is 15.9 Å². The van der Waals surface area contributed by atoms with Gasteiger partial charge in [-0.05, 0) is 64.3 Å². The topological polar surface area (TPSA) is 84.9 Å². The lowest BCUT2D eigenvalue weighted by molar-refractivity contribution is -0.132. The van der Waals surface area contributed by atoms with Crippen LogP contribution in [0.1, 0.15) is 27.0 Å². The smallest absolute Gasteiger partial charge is 0.352 e. The Morgan fingerprint density at radius 2 is 1.75 bits per heavy atom. The summed E-state index contributed by atoms with van der Waals surface area (Å²) >= 11 is 3.47. The van der Waals surface area contributed by atoms with E-state index in [4.69, 9.17) is 9.47 Å². The van der Waals surface area contributed by atoms with Crippen molar-refractivity contribution < 1.29 is 24.2 Å². The molecule has 0 saturated carbocycles. The minimum atomic E-state index is -1.26. The van der Waals surface area contributed by atoms with Gasteiger partial charge >= 0.3 is 5.97 Å². The molecule has 2 N–H and O–H groups in total. The zero-order valence-electron chi connectivity index (χ0n) is 17.6. The molecule has 164 valence electrons. The average Bonchev–Trinajstić information content (AvgIpc) is 2.79. The Kier molecular flexibility index (Phi) is 7.68. The molecule has 0 spiro atoms. The van der Waals surface area contributed by atoms with E-state index in [0.29, 0.717) is 33.7 Å². The van der Waals surface area contributed by atoms with Crippen molar-refractivity contribution in [3.05, 3.63) is 99.2 Å². The van der Waals surface area contributed by atoms with E-state index in [2.05, 4.69) is 21.2 Å². The van der Waals surface area contributed by atoms with Crippen molar-refractivity contribution in [2.45, 2.75) is 13.5 Å². The van der Waals surface area contributed by atoms with E-state index in [1.165, 1.54) is 13.2 Å². The molecule has 0 atom stereocenters. The number of methoxy groups -OCH3 is 1. The van der Waals surface area contributed by atoms with Crippen molar-refractivity contribution in [3.63, 3.8) is 0 Å². The number of aliphatic carboxylic acids is 1. The molecule has 0 radical (unpaired) electrons. The van der Waals surface area contributed by atoms with Crippen LogP contribution in [0.5, 0.6) is 11.5 Å². The lowest BCUT2D eigenvalue weighted by atomic mass is 10.1. The molecule has 3 aromatic carbocycles. The molecule has 0 aliphatic heterocycles. The van der Waals surface area contributed by atoms with Crippen molar-refractivity contribution in [3.8, 4) is 11.5 Å². The highest BCUT2D eigenvalue weighted by molar-refractivity contribution is 9.10. The van der Waals surface area contributed by atoms with Gasteiger partial charge in [0.15, 0.2) is 11.5 Å². The number of rotatable bonds is 8. The first-order valence-electron chi connectivity index (χ1n) is 9.74. The third-order valence-corrected chi connectivity index (χ3v) is 5.17. The zero-order valence-corrected chi connectivity index (χ0v) is 19.2. The van der Waals surface area contributed by atoms with Crippen LogP contribution in [0, 0.1) is 6.92 Å². The maximum atomic E-state index is 12.4. The number of ether oxygens (including phenoxy) is 2. The predicted octanol–water partition coefficient (Wildman–Crippen LogP) is 5.20. The number of halogens is 1. The van der Waals surface area contributed by atoms with E-state index in [0.717, 1.165) is 11.1 Å². The van der Waals surface area contributed by atoms with Gasteiger partial charge in [-0.25, -0.2) is 4.79 Å². The van der Waals surface area contributed by atoms with E-state index < -0.39 is 11.9 Å². The maximum absolute atomic E-state index is 12.4. The van der Waals surface area contributed by atoms with Gasteiger partial charge in [0.1, 0.15) is 12.3 Å². The number of carbonyl (C=O) groups excluding carboxylic acids is 1. The summed E-state index contributed by atoms with van der Waals surface area (Å²) < 4.78 is 12.0. The molecular formula is C25H22BrNO5. The summed E-state index contributed by atoms with van der Waals surface area (Å²) in [5, 5.41) is 12.0. The monoisotopic (exact) mass is 495 g/mol. The van der Waals surface area contributed by atoms with Crippen LogP contribution in [-0.2, 0) is 11.4 Å². The van der Waals surface area contributed by atoms with Gasteiger partial charge in [-0.3, -0.25) is 4.79 Å². The molecule has 0 aliphatic carbocycles. The van der Waals surface area contributed by atoms with Crippen LogP contribution in [0.2, 0.25) is 0 Å². The first-order chi connectivity index (χ1) is 15.4. The van der Waals surface area contributed by atoms with Gasteiger partial charge in [0.25, 0.3) is 5.91 Å². The van der Waals surface area contributed by atoms with Gasteiger partial charge < -0.3 is 19.9 Å². The normalized spacial score (nSPS) is 11.0. The average molecular weight is 496 g/mol. The van der Waals surface area contributed by atoms with E-state index in [-0.39, 0.29) is 5.70 Å². The third-order valence-electron chi connectivity index (χ3n) is 4.58. The number of carboxylic acids is 1. The molecule has 0 saturated heterocycles. The molecule has 0 aliphatic rings. The van der Waals surface area contributed by atoms with Crippen molar-refractivity contribution in [2.75, 3.05) is 7.11 Å². The molecule has 6 nitrogen and oxygen atoms in total. The van der Waals surface area contributed by atoms with Crippen molar-refractivity contribution >= 4 is 33.9 Å². The molecule has 3 rings (SSSR count). The van der Waals surface area contributed by atoms with Crippen molar-refractivity contribution in [1.82, 2.24) is 5.32 Å². The number of hydrogen-bond acceptors (Lipinski definition) is 4. The molecule has 7 heteroatoms. The Morgan fingerprint density at radius 3 is 2.38 bits per heavy atom. The number of carbonyl (C=O) groups is 2. The Labute approximate surface area is 194 Å². The highest BCUT2D eigenvalue weighted by Gasteiger charge is 2.16. The second-order valence-corrected chi connectivity index (χ2v) is 7.85. The number of carboxylic acid groups (broad SMARTS) is 1. The molecule has 32 heavy (non-hydrogen) atoms. The SMILES string of the molecule is COc1cc(C=C(NC(=O)c2ccccc2)C(=O)O)cc(Br)c1OCc1ccc(C)cc1. The molecule has 3 aromatic rings. The Hall–Kier alpha value is -3.58. The summed E-state index contributed by atoms with van der Waals surface area (Å²) in [5.74, 6) is -0.848. The first kappa shape index (κ1) is 23.1. The number of hydrogen-bond donors (Lipinski definition) is 2. The molecule has 1 amide bonds. The number of amides is 1. The summed E-state index contributed by atoms with van der Waals surface area (Å²) in [6.45, 7) is 2.36. The lowest BCUT2D eigenvalue weighted by Gasteiger charge is -2.14. The van der Waals surface area contributed by atoms with Crippen molar-refractivity contribution in [1.29, 1.82) is 0 Å². The number of aryl methyl sites for hydroxylation is 1. The van der Waals surface area contributed by atoms with Crippen LogP contribution in [0.25, 0.3) is 6.08 Å². The molecule has 0 fully saturated rings. The minimum absolute atomic E-state index is 0.263. The lowest BCUT2D eigenvalue weighted by Crippen LogP contribution is -2.27. The van der Waals surface area contributed by atoms with Gasteiger partial charge in [-0.2, -0.15) is 0 Å². The molecule has 0 unspecified atom stereocenters. The minimum Gasteiger partial charge on any atom is -0.493 e. The Morgan fingerprint density at radius 1 is 1.06 bits per heavy atom. The van der Waals surface area contributed by atoms with Crippen LogP contribution in [0.3, 0.4) is 0 Å². The van der Waals surface area contributed by atoms with Gasteiger partial charge in [0, 0.05) is 5.56 Å². The highest BCUT2D eigenvalue weighted by atomic mass is 79.9. The predicted molar refractivity (Wildman–Crippen MR) is 126 cm³/mol. The van der Waals surface area contributed by atoms with Gasteiger partial charge in [0.05, 0.1) is 11.6 Å². The first-order valence-corrected chi connectivity index (χ1v) is 10.5. The molecule has 0 heterocycles. The fraction of sp³-hybridized carbons (Fsp3) is 0.120. The second-order valence-electron chi connectivity index (χ2n) is 6.99. The summed E-state index contributed by atoms with van der Waals surface area (Å²) in [6.07, 6.45) is 1.36. The van der Waals surface area contributed by atoms with E-state index in [1.54, 1.807) is 42.5 Å². The third kappa shape index (κ3) is 5.98. The molecule has 0 bridgehead atoms. The van der Waals surface area contributed by atoms with Crippen LogP contribution in [0.4, 0.5) is 0 Å². The van der Waals surface area contributed by atoms with Gasteiger partial charge in [-0.1, -0.05) is 48.0 Å². The maximum Gasteiger partial charge on any atom is 0.352 e. The number of nitrogens with one attached hydrogen (secondary N) is 1. The standard InChI is InChI=1S/C25H22BrNO5/c1-16-8-10-17(11-9-16)15-32-23-20(26)12-18(14-22(23)31-2)13-21(25(29)30)27-24(28)19-6-4-3-5-7-19/h3-14H,15H2,1-2H3,(H,27,28)(H,29,30). The zero-order chi connectivity index (χ0) is 23.1. The molecule has 0 aromatic heterocycles. The molecular weight excluding hydrogens is 474 g/mol. The summed E-state index contributed by atoms with van der Waals surface area (Å²) in [4.78, 5) is 24.1. The van der Waals surface area contributed by atoms with Gasteiger partial charge in [-0.15, -0.1) is 0 Å². The highest BCUT2D eigenvalue weighted by Crippen LogP contribution is 2.37. The largest absolute Gasteiger partial charge is 0.493 e. The van der Waals surface area contributed by atoms with Crippen molar-refractivity contribution in [2.24, 2.45) is 0 Å². The summed E-state index contributed by atoms with van der Waals surface area (Å²) in [7, 11) is 1.50. The van der Waals surface area contributed by atoms with Crippen LogP contribution in [-0.4, -0.2) is 24.1 Å². The van der Waals surface area contributed by atoms with E-state index in [1.807, 2.05) is 31.2 Å². The fourth-order valence-electron chi connectivity index (χ4n) is 2.90.